The average molecular weight is 236 g/mol. The second-order valence-corrected chi connectivity index (χ2v) is 4.59. The Kier molecular flexibility index (Phi) is 4.92. The first kappa shape index (κ1) is 11.2. The van der Waals surface area contributed by atoms with Crippen LogP contribution in [0.1, 0.15) is 19.8 Å². The summed E-state index contributed by atoms with van der Waals surface area (Å²) in [6.45, 7) is 2.17. The van der Waals surface area contributed by atoms with Gasteiger partial charge < -0.3 is 0 Å². The standard InChI is InChI=1S/C9H11Cl2NS/c1-2-3-4-13-7-5-8(10)12-9(11)6-7/h5-6H,2-4H2,1H3. The van der Waals surface area contributed by atoms with Crippen LogP contribution in [0.4, 0.5) is 0 Å². The molecule has 0 bridgehead atoms. The molecule has 0 amide bonds. The Labute approximate surface area is 92.8 Å². The van der Waals surface area contributed by atoms with Crippen LogP contribution < -0.4 is 0 Å². The molecular formula is C9H11Cl2NS. The van der Waals surface area contributed by atoms with Gasteiger partial charge in [-0.15, -0.1) is 11.8 Å². The van der Waals surface area contributed by atoms with Crippen LogP contribution in [0.2, 0.25) is 10.3 Å². The molecule has 0 aliphatic carbocycles. The maximum atomic E-state index is 5.75. The van der Waals surface area contributed by atoms with Crippen molar-refractivity contribution in [3.8, 4) is 0 Å². The summed E-state index contributed by atoms with van der Waals surface area (Å²) in [5.74, 6) is 1.10. The second-order valence-electron chi connectivity index (χ2n) is 2.65. The van der Waals surface area contributed by atoms with Crippen molar-refractivity contribution < 1.29 is 0 Å². The van der Waals surface area contributed by atoms with Gasteiger partial charge in [0.1, 0.15) is 10.3 Å². The topological polar surface area (TPSA) is 12.9 Å². The highest BCUT2D eigenvalue weighted by molar-refractivity contribution is 7.99. The van der Waals surface area contributed by atoms with Crippen LogP contribution in [0.5, 0.6) is 0 Å². The Morgan fingerprint density at radius 2 is 1.92 bits per heavy atom. The van der Waals surface area contributed by atoms with Crippen LogP contribution in [-0.4, -0.2) is 10.7 Å². The lowest BCUT2D eigenvalue weighted by Crippen LogP contribution is -1.81. The molecule has 13 heavy (non-hydrogen) atoms. The van der Waals surface area contributed by atoms with Crippen molar-refractivity contribution in [2.45, 2.75) is 24.7 Å². The van der Waals surface area contributed by atoms with Gasteiger partial charge in [0.25, 0.3) is 0 Å². The predicted molar refractivity (Wildman–Crippen MR) is 59.9 cm³/mol. The number of halogens is 2. The SMILES string of the molecule is CCCCSc1cc(Cl)nc(Cl)c1. The van der Waals surface area contributed by atoms with Crippen molar-refractivity contribution in [3.05, 3.63) is 22.4 Å². The number of hydrogen-bond donors (Lipinski definition) is 0. The minimum atomic E-state index is 0.464. The van der Waals surface area contributed by atoms with Gasteiger partial charge in [0.2, 0.25) is 0 Å². The quantitative estimate of drug-likeness (QED) is 0.439. The predicted octanol–water partition coefficient (Wildman–Crippen LogP) is 4.28. The molecule has 0 N–H and O–H groups in total. The monoisotopic (exact) mass is 235 g/mol. The van der Waals surface area contributed by atoms with Crippen molar-refractivity contribution in [1.29, 1.82) is 0 Å². The molecule has 0 fully saturated rings. The van der Waals surface area contributed by atoms with Crippen molar-refractivity contribution >= 4 is 35.0 Å². The van der Waals surface area contributed by atoms with Crippen LogP contribution in [0.3, 0.4) is 0 Å². The molecule has 0 spiro atoms. The van der Waals surface area contributed by atoms with Gasteiger partial charge >= 0.3 is 0 Å². The van der Waals surface area contributed by atoms with Gasteiger partial charge in [-0.1, -0.05) is 36.5 Å². The van der Waals surface area contributed by atoms with E-state index in [9.17, 15) is 0 Å². The number of aromatic nitrogens is 1. The first-order valence-corrected chi connectivity index (χ1v) is 5.92. The maximum Gasteiger partial charge on any atom is 0.131 e. The molecule has 0 aliphatic heterocycles. The molecule has 0 aliphatic rings. The Balaban J connectivity index is 2.56. The number of nitrogens with zero attached hydrogens (tertiary/aromatic N) is 1. The molecule has 0 unspecified atom stereocenters. The Morgan fingerprint density at radius 3 is 2.46 bits per heavy atom. The molecule has 1 nitrogen and oxygen atoms in total. The fraction of sp³-hybridized carbons (Fsp3) is 0.444. The molecule has 1 rings (SSSR count). The van der Waals surface area contributed by atoms with E-state index in [1.807, 2.05) is 12.1 Å². The van der Waals surface area contributed by atoms with E-state index in [2.05, 4.69) is 11.9 Å². The summed E-state index contributed by atoms with van der Waals surface area (Å²) in [4.78, 5) is 4.98. The minimum absolute atomic E-state index is 0.464. The van der Waals surface area contributed by atoms with Gasteiger partial charge in [-0.2, -0.15) is 0 Å². The number of thioether (sulfide) groups is 1. The van der Waals surface area contributed by atoms with Crippen LogP contribution in [0, 0.1) is 0 Å². The smallest absolute Gasteiger partial charge is 0.131 e. The Bertz CT molecular complexity index is 258. The molecule has 1 heterocycles. The first-order valence-electron chi connectivity index (χ1n) is 4.18. The van der Waals surface area contributed by atoms with Crippen molar-refractivity contribution in [3.63, 3.8) is 0 Å². The van der Waals surface area contributed by atoms with E-state index in [-0.39, 0.29) is 0 Å². The number of hydrogen-bond acceptors (Lipinski definition) is 2. The number of pyridine rings is 1. The van der Waals surface area contributed by atoms with Gasteiger partial charge in [-0.3, -0.25) is 0 Å². The zero-order chi connectivity index (χ0) is 9.68. The zero-order valence-corrected chi connectivity index (χ0v) is 9.72. The van der Waals surface area contributed by atoms with E-state index in [0.717, 1.165) is 10.6 Å². The fourth-order valence-corrected chi connectivity index (χ4v) is 2.51. The maximum absolute atomic E-state index is 5.75. The Hall–Kier alpha value is 0.0800. The lowest BCUT2D eigenvalue weighted by Gasteiger charge is -2.01. The molecule has 0 aromatic carbocycles. The summed E-state index contributed by atoms with van der Waals surface area (Å²) >= 11 is 13.3. The van der Waals surface area contributed by atoms with Gasteiger partial charge in [0, 0.05) is 4.90 Å². The minimum Gasteiger partial charge on any atom is -0.224 e. The molecule has 0 atom stereocenters. The van der Waals surface area contributed by atoms with Gasteiger partial charge in [-0.05, 0) is 24.3 Å². The lowest BCUT2D eigenvalue weighted by atomic mass is 10.4. The van der Waals surface area contributed by atoms with Crippen LogP contribution in [0.25, 0.3) is 0 Å². The molecule has 0 saturated carbocycles. The molecule has 1 aromatic heterocycles. The largest absolute Gasteiger partial charge is 0.224 e. The second kappa shape index (κ2) is 5.74. The summed E-state index contributed by atoms with van der Waals surface area (Å²) in [6, 6.07) is 3.68. The van der Waals surface area contributed by atoms with Crippen LogP contribution in [-0.2, 0) is 0 Å². The number of rotatable bonds is 4. The molecule has 1 aromatic rings. The summed E-state index contributed by atoms with van der Waals surface area (Å²) < 4.78 is 0. The normalized spacial score (nSPS) is 10.4. The Morgan fingerprint density at radius 1 is 1.31 bits per heavy atom. The summed E-state index contributed by atoms with van der Waals surface area (Å²) in [7, 11) is 0. The highest BCUT2D eigenvalue weighted by Crippen LogP contribution is 2.24. The van der Waals surface area contributed by atoms with Gasteiger partial charge in [-0.25, -0.2) is 4.98 Å². The van der Waals surface area contributed by atoms with Crippen LogP contribution in [0.15, 0.2) is 17.0 Å². The van der Waals surface area contributed by atoms with Crippen molar-refractivity contribution in [1.82, 2.24) is 4.98 Å². The average Bonchev–Trinajstić information content (AvgIpc) is 2.03. The fourth-order valence-electron chi connectivity index (χ4n) is 0.861. The van der Waals surface area contributed by atoms with Crippen LogP contribution >= 0.6 is 35.0 Å². The van der Waals surface area contributed by atoms with E-state index in [4.69, 9.17) is 23.2 Å². The zero-order valence-electron chi connectivity index (χ0n) is 7.39. The third kappa shape index (κ3) is 4.21. The number of unbranched alkanes of at least 4 members (excludes halogenated alkanes) is 1. The summed E-state index contributed by atoms with van der Waals surface area (Å²) in [5, 5.41) is 0.929. The third-order valence-corrected chi connectivity index (χ3v) is 2.95. The molecule has 0 saturated heterocycles. The first-order chi connectivity index (χ1) is 6.22. The molecular weight excluding hydrogens is 225 g/mol. The highest BCUT2D eigenvalue weighted by atomic mass is 35.5. The van der Waals surface area contributed by atoms with E-state index < -0.39 is 0 Å². The highest BCUT2D eigenvalue weighted by Gasteiger charge is 1.99. The third-order valence-electron chi connectivity index (χ3n) is 1.50. The lowest BCUT2D eigenvalue weighted by molar-refractivity contribution is 0.896. The van der Waals surface area contributed by atoms with Crippen molar-refractivity contribution in [2.24, 2.45) is 0 Å². The van der Waals surface area contributed by atoms with Gasteiger partial charge in [0.15, 0.2) is 0 Å². The van der Waals surface area contributed by atoms with E-state index >= 15 is 0 Å². The molecule has 4 heteroatoms. The summed E-state index contributed by atoms with van der Waals surface area (Å²) in [6.07, 6.45) is 2.42. The van der Waals surface area contributed by atoms with E-state index in [1.165, 1.54) is 12.8 Å². The van der Waals surface area contributed by atoms with Crippen molar-refractivity contribution in [2.75, 3.05) is 5.75 Å². The molecule has 0 radical (unpaired) electrons. The summed E-state index contributed by atoms with van der Waals surface area (Å²) in [5.41, 5.74) is 0. The molecule has 72 valence electrons. The van der Waals surface area contributed by atoms with E-state index in [1.54, 1.807) is 11.8 Å². The van der Waals surface area contributed by atoms with Gasteiger partial charge in [0.05, 0.1) is 0 Å². The van der Waals surface area contributed by atoms with E-state index in [0.29, 0.717) is 10.3 Å².